The van der Waals surface area contributed by atoms with E-state index < -0.39 is 0 Å². The minimum Gasteiger partial charge on any atom is -0.336 e. The highest BCUT2D eigenvalue weighted by molar-refractivity contribution is 5.84. The average Bonchev–Trinajstić information content (AvgIpc) is 2.96. The number of nitrogens with one attached hydrogen (secondary N) is 1. The van der Waals surface area contributed by atoms with Crippen molar-refractivity contribution in [3.63, 3.8) is 0 Å². The minimum atomic E-state index is -0.279. The fourth-order valence-corrected chi connectivity index (χ4v) is 1.24. The summed E-state index contributed by atoms with van der Waals surface area (Å²) in [6.45, 7) is 1.92. The second kappa shape index (κ2) is 5.70. The van der Waals surface area contributed by atoms with Crippen LogP contribution in [0, 0.1) is 5.92 Å². The van der Waals surface area contributed by atoms with Gasteiger partial charge in [-0.2, -0.15) is 0 Å². The van der Waals surface area contributed by atoms with Crippen molar-refractivity contribution < 1.29 is 9.59 Å². The predicted octanol–water partition coefficient (Wildman–Crippen LogP) is 0.126. The smallest absolute Gasteiger partial charge is 0.323 e. The van der Waals surface area contributed by atoms with Gasteiger partial charge in [-0.15, -0.1) is 0 Å². The summed E-state index contributed by atoms with van der Waals surface area (Å²) in [5, 5.41) is 2.71. The first-order valence-electron chi connectivity index (χ1n) is 5.28. The Morgan fingerprint density at radius 2 is 2.13 bits per heavy atom. The Labute approximate surface area is 90.4 Å². The molecule has 1 fully saturated rings. The molecule has 0 radical (unpaired) electrons. The molecule has 0 heterocycles. The van der Waals surface area contributed by atoms with E-state index in [-0.39, 0.29) is 6.03 Å². The molecular formula is C10H19N3O2. The van der Waals surface area contributed by atoms with Gasteiger partial charge in [-0.3, -0.25) is 9.69 Å². The molecular weight excluding hydrogens is 194 g/mol. The van der Waals surface area contributed by atoms with Crippen LogP contribution >= 0.6 is 0 Å². The third kappa shape index (κ3) is 4.78. The number of hydrogen-bond acceptors (Lipinski definition) is 3. The van der Waals surface area contributed by atoms with Gasteiger partial charge in [0, 0.05) is 19.6 Å². The van der Waals surface area contributed by atoms with E-state index >= 15 is 0 Å². The van der Waals surface area contributed by atoms with Crippen LogP contribution in [-0.2, 0) is 4.79 Å². The molecule has 86 valence electrons. The lowest BCUT2D eigenvalue weighted by Gasteiger charge is -2.17. The lowest BCUT2D eigenvalue weighted by Crippen LogP contribution is -2.42. The number of hydrogen-bond donors (Lipinski definition) is 1. The molecule has 0 spiro atoms. The topological polar surface area (TPSA) is 52.7 Å². The van der Waals surface area contributed by atoms with E-state index in [4.69, 9.17) is 0 Å². The molecule has 0 bridgehead atoms. The molecule has 1 aliphatic rings. The second-order valence-electron chi connectivity index (χ2n) is 4.24. The summed E-state index contributed by atoms with van der Waals surface area (Å²) < 4.78 is 0. The molecule has 15 heavy (non-hydrogen) atoms. The Balaban J connectivity index is 2.19. The Kier molecular flexibility index (Phi) is 4.55. The number of nitrogens with zero attached hydrogens (tertiary/aromatic N) is 2. The summed E-state index contributed by atoms with van der Waals surface area (Å²) in [4.78, 5) is 25.4. The van der Waals surface area contributed by atoms with Crippen LogP contribution in [0.25, 0.3) is 0 Å². The number of amides is 3. The van der Waals surface area contributed by atoms with Crippen LogP contribution < -0.4 is 5.32 Å². The largest absolute Gasteiger partial charge is 0.336 e. The molecule has 5 heteroatoms. The van der Waals surface area contributed by atoms with Gasteiger partial charge in [-0.05, 0) is 32.9 Å². The molecule has 0 unspecified atom stereocenters. The molecule has 0 atom stereocenters. The highest BCUT2D eigenvalue weighted by Crippen LogP contribution is 2.29. The number of carbonyl (C=O) groups excluding carboxylic acids is 2. The van der Waals surface area contributed by atoms with Crippen LogP contribution in [0.1, 0.15) is 12.8 Å². The Hall–Kier alpha value is -1.10. The zero-order valence-corrected chi connectivity index (χ0v) is 9.40. The monoisotopic (exact) mass is 213 g/mol. The molecule has 0 aromatic rings. The third-order valence-corrected chi connectivity index (χ3v) is 2.38. The molecule has 1 aliphatic carbocycles. The molecule has 0 aromatic heterocycles. The van der Waals surface area contributed by atoms with Gasteiger partial charge in [-0.1, -0.05) is 0 Å². The number of imide groups is 1. The van der Waals surface area contributed by atoms with Crippen LogP contribution in [-0.4, -0.2) is 56.0 Å². The maximum Gasteiger partial charge on any atom is 0.323 e. The van der Waals surface area contributed by atoms with E-state index in [1.807, 2.05) is 19.0 Å². The molecule has 5 nitrogen and oxygen atoms in total. The first-order valence-corrected chi connectivity index (χ1v) is 5.28. The minimum absolute atomic E-state index is 0.279. The highest BCUT2D eigenvalue weighted by atomic mass is 16.2. The van der Waals surface area contributed by atoms with Crippen LogP contribution in [0.3, 0.4) is 0 Å². The second-order valence-corrected chi connectivity index (χ2v) is 4.24. The normalized spacial score (nSPS) is 15.1. The molecule has 0 aliphatic heterocycles. The Morgan fingerprint density at radius 1 is 1.47 bits per heavy atom. The fourth-order valence-electron chi connectivity index (χ4n) is 1.24. The van der Waals surface area contributed by atoms with Crippen molar-refractivity contribution in [2.75, 3.05) is 33.7 Å². The van der Waals surface area contributed by atoms with E-state index in [1.54, 1.807) is 0 Å². The van der Waals surface area contributed by atoms with Crippen LogP contribution in [0.15, 0.2) is 0 Å². The molecule has 1 N–H and O–H groups in total. The summed E-state index contributed by atoms with van der Waals surface area (Å²) in [7, 11) is 3.88. The number of urea groups is 1. The van der Waals surface area contributed by atoms with Crippen molar-refractivity contribution >= 4 is 12.4 Å². The highest BCUT2D eigenvalue weighted by Gasteiger charge is 2.26. The third-order valence-electron chi connectivity index (χ3n) is 2.38. The van der Waals surface area contributed by atoms with Crippen LogP contribution in [0.4, 0.5) is 4.79 Å². The van der Waals surface area contributed by atoms with Crippen molar-refractivity contribution in [2.24, 2.45) is 5.92 Å². The van der Waals surface area contributed by atoms with Gasteiger partial charge in [0.1, 0.15) is 0 Å². The maximum atomic E-state index is 11.5. The molecule has 0 saturated heterocycles. The summed E-state index contributed by atoms with van der Waals surface area (Å²) in [5.74, 6) is 0.537. The quantitative estimate of drug-likeness (QED) is 0.638. The summed E-state index contributed by atoms with van der Waals surface area (Å²) in [6.07, 6.45) is 2.88. The number of carbonyl (C=O) groups is 2. The van der Waals surface area contributed by atoms with Gasteiger partial charge >= 0.3 is 6.03 Å². The van der Waals surface area contributed by atoms with E-state index in [0.717, 1.165) is 19.4 Å². The van der Waals surface area contributed by atoms with Crippen molar-refractivity contribution in [1.29, 1.82) is 0 Å². The molecule has 1 rings (SSSR count). The summed E-state index contributed by atoms with van der Waals surface area (Å²) >= 11 is 0. The standard InChI is InChI=1S/C10H19N3O2/c1-12(2)6-5-11-10(15)13(8-14)7-9-3-4-9/h8-9H,3-7H2,1-2H3,(H,11,15). The Morgan fingerprint density at radius 3 is 2.60 bits per heavy atom. The van der Waals surface area contributed by atoms with Crippen molar-refractivity contribution in [3.05, 3.63) is 0 Å². The lowest BCUT2D eigenvalue weighted by molar-refractivity contribution is -0.115. The summed E-state index contributed by atoms with van der Waals surface area (Å²) in [5.41, 5.74) is 0. The first-order chi connectivity index (χ1) is 7.13. The Bertz CT molecular complexity index is 227. The fraction of sp³-hybridized carbons (Fsp3) is 0.800. The number of rotatable bonds is 6. The first kappa shape index (κ1) is 12.0. The molecule has 3 amide bonds. The van der Waals surface area contributed by atoms with E-state index in [1.165, 1.54) is 4.90 Å². The average molecular weight is 213 g/mol. The van der Waals surface area contributed by atoms with E-state index in [9.17, 15) is 9.59 Å². The van der Waals surface area contributed by atoms with Crippen LogP contribution in [0.2, 0.25) is 0 Å². The van der Waals surface area contributed by atoms with E-state index in [0.29, 0.717) is 25.4 Å². The van der Waals surface area contributed by atoms with E-state index in [2.05, 4.69) is 5.32 Å². The summed E-state index contributed by atoms with van der Waals surface area (Å²) in [6, 6.07) is -0.279. The van der Waals surface area contributed by atoms with Gasteiger partial charge in [0.2, 0.25) is 6.41 Å². The van der Waals surface area contributed by atoms with Gasteiger partial charge in [0.05, 0.1) is 0 Å². The molecule has 0 aromatic carbocycles. The van der Waals surface area contributed by atoms with Gasteiger partial charge in [0.15, 0.2) is 0 Å². The predicted molar refractivity (Wildman–Crippen MR) is 57.4 cm³/mol. The number of likely N-dealkylation sites (N-methyl/N-ethyl adjacent to an activating group) is 1. The SMILES string of the molecule is CN(C)CCNC(=O)N(C=O)CC1CC1. The van der Waals surface area contributed by atoms with Crippen LogP contribution in [0.5, 0.6) is 0 Å². The maximum absolute atomic E-state index is 11.5. The van der Waals surface area contributed by atoms with Gasteiger partial charge in [-0.25, -0.2) is 4.79 Å². The van der Waals surface area contributed by atoms with Gasteiger partial charge < -0.3 is 10.2 Å². The van der Waals surface area contributed by atoms with Gasteiger partial charge in [0.25, 0.3) is 0 Å². The van der Waals surface area contributed by atoms with Crippen molar-refractivity contribution in [2.45, 2.75) is 12.8 Å². The zero-order chi connectivity index (χ0) is 11.3. The zero-order valence-electron chi connectivity index (χ0n) is 9.40. The van der Waals surface area contributed by atoms with Crippen molar-refractivity contribution in [3.8, 4) is 0 Å². The van der Waals surface area contributed by atoms with Crippen molar-refractivity contribution in [1.82, 2.24) is 15.1 Å². The molecule has 1 saturated carbocycles. The lowest BCUT2D eigenvalue weighted by atomic mass is 10.4.